The van der Waals surface area contributed by atoms with Crippen LogP contribution in [0.2, 0.25) is 0 Å². The van der Waals surface area contributed by atoms with Gasteiger partial charge in [0.25, 0.3) is 0 Å². The van der Waals surface area contributed by atoms with Crippen LogP contribution in [0.15, 0.2) is 36.0 Å². The topological polar surface area (TPSA) is 40.2 Å². The Labute approximate surface area is 391 Å². The number of ether oxygens (including phenoxy) is 4. The first kappa shape index (κ1) is 53.0. The Morgan fingerprint density at radius 1 is 0.714 bits per heavy atom. The third-order valence-corrected chi connectivity index (χ3v) is 17.4. The minimum Gasteiger partial charge on any atom is -0.379 e. The summed E-state index contributed by atoms with van der Waals surface area (Å²) in [5, 5.41) is 0. The van der Waals surface area contributed by atoms with Gasteiger partial charge in [-0.2, -0.15) is 0 Å². The van der Waals surface area contributed by atoms with Crippen molar-refractivity contribution in [3.8, 4) is 0 Å². The average Bonchev–Trinajstić information content (AvgIpc) is 3.79. The summed E-state index contributed by atoms with van der Waals surface area (Å²) in [6.07, 6.45) is 44.1. The molecule has 9 atom stereocenters. The van der Waals surface area contributed by atoms with Crippen LogP contribution in [0.25, 0.3) is 0 Å². The number of hydrogen-bond acceptors (Lipinski definition) is 5. The van der Waals surface area contributed by atoms with E-state index < -0.39 is 0 Å². The van der Waals surface area contributed by atoms with E-state index in [0.29, 0.717) is 55.4 Å². The average molecular weight is 878 g/mol. The van der Waals surface area contributed by atoms with Crippen LogP contribution >= 0.6 is 0 Å². The molecule has 1 heterocycles. The molecule has 1 aliphatic heterocycles. The summed E-state index contributed by atoms with van der Waals surface area (Å²) in [6, 6.07) is 0. The van der Waals surface area contributed by atoms with Crippen LogP contribution in [0.4, 0.5) is 0 Å². The zero-order valence-corrected chi connectivity index (χ0v) is 42.9. The number of hydrogen-bond donors (Lipinski definition) is 0. The molecule has 63 heavy (non-hydrogen) atoms. The number of fused-ring (bicyclic) bond motifs is 5. The largest absolute Gasteiger partial charge is 0.379 e. The highest BCUT2D eigenvalue weighted by Gasteiger charge is 2.59. The Balaban J connectivity index is 0.923. The molecule has 5 rings (SSSR count). The molecule has 0 N–H and O–H groups in total. The highest BCUT2D eigenvalue weighted by Crippen LogP contribution is 2.67. The van der Waals surface area contributed by atoms with Gasteiger partial charge in [0.05, 0.1) is 45.2 Å². The molecule has 364 valence electrons. The van der Waals surface area contributed by atoms with Crippen LogP contribution in [0, 0.1) is 51.8 Å². The predicted molar refractivity (Wildman–Crippen MR) is 268 cm³/mol. The minimum atomic E-state index is 0.0967. The van der Waals surface area contributed by atoms with E-state index in [0.717, 1.165) is 81.0 Å². The Morgan fingerprint density at radius 2 is 1.46 bits per heavy atom. The Bertz CT molecular complexity index is 1340. The van der Waals surface area contributed by atoms with Crippen LogP contribution in [0.1, 0.15) is 209 Å². The van der Waals surface area contributed by atoms with Crippen LogP contribution in [-0.4, -0.2) is 76.4 Å². The molecule has 4 fully saturated rings. The van der Waals surface area contributed by atoms with Gasteiger partial charge in [-0.15, -0.1) is 0 Å². The first-order chi connectivity index (χ1) is 30.4. The standard InChI is InChI=1S/C58H103NO4/c1-9-10-11-12-13-14-15-16-17-18-19-20-21-22-23-24-38-61-45-51(44-59-37-36-56(5,6)46-59)63-42-40-60-39-41-62-50-32-34-57(7)49(43-50)28-29-52-54-31-30-53(48(4)27-25-26-47(2)3)58(54,8)35-33-55(52)57/h13-14,16-17,28,47-48,50-55H,9-12,15,18-27,29-46H2,1-8H3. The van der Waals surface area contributed by atoms with Gasteiger partial charge in [0.2, 0.25) is 0 Å². The molecule has 5 nitrogen and oxygen atoms in total. The van der Waals surface area contributed by atoms with E-state index >= 15 is 0 Å². The minimum absolute atomic E-state index is 0.0967. The zero-order chi connectivity index (χ0) is 45.0. The van der Waals surface area contributed by atoms with Crippen molar-refractivity contribution < 1.29 is 18.9 Å². The number of nitrogens with zero attached hydrogens (tertiary/aromatic N) is 1. The van der Waals surface area contributed by atoms with Crippen LogP contribution in [0.3, 0.4) is 0 Å². The highest BCUT2D eigenvalue weighted by molar-refractivity contribution is 5.25. The summed E-state index contributed by atoms with van der Waals surface area (Å²) in [6.45, 7) is 27.1. The molecule has 0 spiro atoms. The molecule has 5 aliphatic rings. The maximum Gasteiger partial charge on any atom is 0.0936 e. The van der Waals surface area contributed by atoms with E-state index in [-0.39, 0.29) is 6.10 Å². The highest BCUT2D eigenvalue weighted by atomic mass is 16.6. The van der Waals surface area contributed by atoms with Crippen molar-refractivity contribution in [1.29, 1.82) is 0 Å². The summed E-state index contributed by atoms with van der Waals surface area (Å²) >= 11 is 0. The number of unbranched alkanes of at least 4 members (excludes halogenated alkanes) is 9. The molecule has 3 saturated carbocycles. The molecule has 4 aliphatic carbocycles. The lowest BCUT2D eigenvalue weighted by atomic mass is 9.47. The van der Waals surface area contributed by atoms with Crippen molar-refractivity contribution >= 4 is 0 Å². The van der Waals surface area contributed by atoms with Crippen LogP contribution < -0.4 is 0 Å². The van der Waals surface area contributed by atoms with Gasteiger partial charge in [-0.3, -0.25) is 0 Å². The molecule has 0 amide bonds. The van der Waals surface area contributed by atoms with Crippen molar-refractivity contribution in [2.75, 3.05) is 59.3 Å². The van der Waals surface area contributed by atoms with E-state index in [4.69, 9.17) is 18.9 Å². The van der Waals surface area contributed by atoms with E-state index in [1.807, 2.05) is 0 Å². The van der Waals surface area contributed by atoms with Crippen molar-refractivity contribution in [1.82, 2.24) is 4.90 Å². The molecular weight excluding hydrogens is 775 g/mol. The van der Waals surface area contributed by atoms with Crippen molar-refractivity contribution in [3.63, 3.8) is 0 Å². The quantitative estimate of drug-likeness (QED) is 0.0497. The fraction of sp³-hybridized carbons (Fsp3) is 0.897. The smallest absolute Gasteiger partial charge is 0.0936 e. The van der Waals surface area contributed by atoms with Crippen molar-refractivity contribution in [2.45, 2.75) is 222 Å². The molecule has 5 heteroatoms. The molecule has 9 unspecified atom stereocenters. The molecule has 0 aromatic rings. The third kappa shape index (κ3) is 16.9. The summed E-state index contributed by atoms with van der Waals surface area (Å²) < 4.78 is 25.3. The lowest BCUT2D eigenvalue weighted by Gasteiger charge is -2.58. The van der Waals surface area contributed by atoms with E-state index in [1.54, 1.807) is 5.57 Å². The Hall–Kier alpha value is -0.980. The van der Waals surface area contributed by atoms with E-state index in [2.05, 4.69) is 90.7 Å². The maximum absolute atomic E-state index is 6.53. The molecule has 0 radical (unpaired) electrons. The van der Waals surface area contributed by atoms with Gasteiger partial charge in [-0.1, -0.05) is 149 Å². The monoisotopic (exact) mass is 878 g/mol. The molecule has 0 bridgehead atoms. The Kier molecular flexibility index (Phi) is 23.3. The molecular formula is C58H103NO4. The van der Waals surface area contributed by atoms with Gasteiger partial charge in [0.15, 0.2) is 0 Å². The van der Waals surface area contributed by atoms with Crippen LogP contribution in [0.5, 0.6) is 0 Å². The van der Waals surface area contributed by atoms with Gasteiger partial charge in [-0.25, -0.2) is 0 Å². The van der Waals surface area contributed by atoms with Gasteiger partial charge < -0.3 is 23.8 Å². The van der Waals surface area contributed by atoms with Gasteiger partial charge >= 0.3 is 0 Å². The first-order valence-corrected chi connectivity index (χ1v) is 27.6. The SMILES string of the molecule is CCCCCC=CCC=CCCCCCCCCOCC(CN1CCC(C)(C)C1)OCCOCCOC1CCC2(C)C(=CCC3C2CCC2(C)C(C(C)CCCC(C)C)CCC32)C1. The van der Waals surface area contributed by atoms with Crippen LogP contribution in [-0.2, 0) is 18.9 Å². The fourth-order valence-corrected chi connectivity index (χ4v) is 13.7. The maximum atomic E-state index is 6.53. The number of allylic oxidation sites excluding steroid dienone is 5. The second-order valence-corrected chi connectivity index (χ2v) is 23.4. The fourth-order valence-electron chi connectivity index (χ4n) is 13.7. The van der Waals surface area contributed by atoms with Crippen molar-refractivity contribution in [2.24, 2.45) is 51.8 Å². The summed E-state index contributed by atoms with van der Waals surface area (Å²) in [4.78, 5) is 2.58. The van der Waals surface area contributed by atoms with E-state index in [1.165, 1.54) is 135 Å². The lowest BCUT2D eigenvalue weighted by Crippen LogP contribution is -2.51. The summed E-state index contributed by atoms with van der Waals surface area (Å²) in [7, 11) is 0. The summed E-state index contributed by atoms with van der Waals surface area (Å²) in [5.74, 6) is 5.36. The van der Waals surface area contributed by atoms with Gasteiger partial charge in [0.1, 0.15) is 0 Å². The lowest BCUT2D eigenvalue weighted by molar-refractivity contribution is -0.0732. The first-order valence-electron chi connectivity index (χ1n) is 27.6. The number of rotatable bonds is 32. The second kappa shape index (κ2) is 27.7. The third-order valence-electron chi connectivity index (χ3n) is 17.4. The second-order valence-electron chi connectivity index (χ2n) is 23.4. The predicted octanol–water partition coefficient (Wildman–Crippen LogP) is 15.4. The molecule has 0 aromatic carbocycles. The number of likely N-dealkylation sites (tertiary alicyclic amines) is 1. The zero-order valence-electron chi connectivity index (χ0n) is 42.9. The molecule has 0 aromatic heterocycles. The van der Waals surface area contributed by atoms with Crippen molar-refractivity contribution in [3.05, 3.63) is 36.0 Å². The molecule has 1 saturated heterocycles. The van der Waals surface area contributed by atoms with Gasteiger partial charge in [-0.05, 0) is 155 Å². The van der Waals surface area contributed by atoms with E-state index in [9.17, 15) is 0 Å². The normalized spacial score (nSPS) is 30.6. The van der Waals surface area contributed by atoms with Gasteiger partial charge in [0, 0.05) is 19.7 Å². The summed E-state index contributed by atoms with van der Waals surface area (Å²) in [5.41, 5.74) is 3.07. The Morgan fingerprint density at radius 3 is 2.21 bits per heavy atom.